The third kappa shape index (κ3) is 14.9. The molecule has 0 aliphatic carbocycles. The van der Waals surface area contributed by atoms with Crippen LogP contribution >= 0.6 is 11.8 Å². The minimum Gasteiger partial charge on any atom is -0.483 e. The molecule has 2 aromatic carbocycles. The second kappa shape index (κ2) is 23.6. The second-order valence-electron chi connectivity index (χ2n) is 18.5. The molecule has 2 aliphatic rings. The molecule has 21 nitrogen and oxygen atoms in total. The van der Waals surface area contributed by atoms with Crippen LogP contribution in [-0.2, 0) is 49.4 Å². The first-order valence-electron chi connectivity index (χ1n) is 22.5. The standard InChI is InChI=1S/C47H61N9O12S/c1-27-13-12-14-28(2)39(27)66-25-35(58)50-32(21-30-15-10-9-11-16-30)40(44(63)56-26-69-47(7,8)41(56)43(62)52-46(4,5)6)68-38(60)18-17-34(57)49-20-19-37(59)65-24-33-31(53-54-48)22-36(67-33)55-23-29(3)42(61)51-45(55)64/h9-16,23,31-33,36,40-41H,17-22,24-26H2,1-8H3,(H,49,57)(H,50,58)(H,52,62)(H,51,61,64)/t31-,32+,33+,36+,40+,41-/m1/s1. The van der Waals surface area contributed by atoms with Gasteiger partial charge in [-0.15, -0.1) is 11.8 Å². The molecule has 0 spiro atoms. The van der Waals surface area contributed by atoms with Crippen molar-refractivity contribution in [3.8, 4) is 5.75 Å². The third-order valence-corrected chi connectivity index (χ3v) is 12.7. The molecule has 5 rings (SSSR count). The van der Waals surface area contributed by atoms with Crippen molar-refractivity contribution in [2.45, 2.75) is 134 Å². The Morgan fingerprint density at radius 2 is 1.65 bits per heavy atom. The van der Waals surface area contributed by atoms with Crippen LogP contribution in [-0.4, -0.2) is 116 Å². The Hall–Kier alpha value is -6.64. The number of aromatic nitrogens is 2. The molecule has 372 valence electrons. The molecule has 3 heterocycles. The molecule has 4 amide bonds. The molecule has 3 aromatic rings. The summed E-state index contributed by atoms with van der Waals surface area (Å²) in [5, 5.41) is 12.1. The number of H-pyrrole nitrogens is 1. The fraction of sp³-hybridized carbons (Fsp3) is 0.532. The van der Waals surface area contributed by atoms with E-state index < -0.39 is 113 Å². The van der Waals surface area contributed by atoms with Gasteiger partial charge in [0.15, 0.2) is 6.61 Å². The first-order chi connectivity index (χ1) is 32.6. The second-order valence-corrected chi connectivity index (χ2v) is 20.1. The number of azide groups is 1. The maximum Gasteiger partial charge on any atom is 0.330 e. The number of thioether (sulfide) groups is 1. The average molecular weight is 976 g/mol. The molecule has 2 saturated heterocycles. The molecule has 2 fully saturated rings. The van der Waals surface area contributed by atoms with E-state index in [4.69, 9.17) is 24.5 Å². The number of aromatic amines is 1. The number of hydrogen-bond donors (Lipinski definition) is 4. The van der Waals surface area contributed by atoms with E-state index in [0.29, 0.717) is 11.3 Å². The minimum absolute atomic E-state index is 0.0356. The van der Waals surface area contributed by atoms with Crippen LogP contribution in [0.4, 0.5) is 0 Å². The number of rotatable bonds is 20. The van der Waals surface area contributed by atoms with E-state index >= 15 is 0 Å². The Balaban J connectivity index is 1.25. The van der Waals surface area contributed by atoms with Gasteiger partial charge in [0.05, 0.1) is 30.8 Å². The minimum atomic E-state index is -1.65. The van der Waals surface area contributed by atoms with E-state index in [0.717, 1.165) is 15.7 Å². The molecule has 0 saturated carbocycles. The highest BCUT2D eigenvalue weighted by Gasteiger charge is 2.51. The summed E-state index contributed by atoms with van der Waals surface area (Å²) in [5.74, 6) is -3.42. The first kappa shape index (κ1) is 53.3. The monoisotopic (exact) mass is 975 g/mol. The summed E-state index contributed by atoms with van der Waals surface area (Å²) in [6.45, 7) is 13.4. The van der Waals surface area contributed by atoms with Crippen molar-refractivity contribution in [3.63, 3.8) is 0 Å². The van der Waals surface area contributed by atoms with Crippen molar-refractivity contribution in [2.24, 2.45) is 5.11 Å². The molecule has 0 bridgehead atoms. The van der Waals surface area contributed by atoms with Gasteiger partial charge < -0.3 is 39.8 Å². The number of aryl methyl sites for hydroxylation is 3. The van der Waals surface area contributed by atoms with E-state index in [1.807, 2.05) is 66.7 Å². The lowest BCUT2D eigenvalue weighted by Gasteiger charge is -2.36. The number of carbonyl (C=O) groups excluding carboxylic acids is 6. The Morgan fingerprint density at radius 3 is 2.32 bits per heavy atom. The number of para-hydroxylation sites is 1. The molecular formula is C47H61N9O12S. The maximum absolute atomic E-state index is 14.9. The summed E-state index contributed by atoms with van der Waals surface area (Å²) in [5.41, 5.74) is 9.76. The molecule has 69 heavy (non-hydrogen) atoms. The number of amides is 4. The molecule has 22 heteroatoms. The molecule has 0 unspecified atom stereocenters. The quantitative estimate of drug-likeness (QED) is 0.0546. The van der Waals surface area contributed by atoms with E-state index in [-0.39, 0.29) is 43.9 Å². The number of nitrogens with one attached hydrogen (secondary N) is 4. The topological polar surface area (TPSA) is 282 Å². The number of nitrogens with zero attached hydrogens (tertiary/aromatic N) is 5. The van der Waals surface area contributed by atoms with Gasteiger partial charge >= 0.3 is 17.6 Å². The van der Waals surface area contributed by atoms with Crippen molar-refractivity contribution in [3.05, 3.63) is 108 Å². The first-order valence-corrected chi connectivity index (χ1v) is 23.5. The summed E-state index contributed by atoms with van der Waals surface area (Å²) in [6, 6.07) is 11.6. The van der Waals surface area contributed by atoms with E-state index in [1.165, 1.54) is 29.8 Å². The number of benzene rings is 2. The number of carbonyl (C=O) groups is 6. The van der Waals surface area contributed by atoms with Crippen LogP contribution < -0.4 is 31.9 Å². The summed E-state index contributed by atoms with van der Waals surface area (Å²) < 4.78 is 23.5. The Bertz CT molecular complexity index is 2520. The molecule has 1 aromatic heterocycles. The lowest BCUT2D eigenvalue weighted by molar-refractivity contribution is -0.164. The van der Waals surface area contributed by atoms with Gasteiger partial charge in [-0.1, -0.05) is 53.6 Å². The van der Waals surface area contributed by atoms with Crippen LogP contribution in [0.25, 0.3) is 10.4 Å². The van der Waals surface area contributed by atoms with Gasteiger partial charge in [-0.05, 0) is 84.0 Å². The fourth-order valence-electron chi connectivity index (χ4n) is 7.91. The Labute approximate surface area is 403 Å². The summed E-state index contributed by atoms with van der Waals surface area (Å²) >= 11 is 1.37. The zero-order valence-electron chi connectivity index (χ0n) is 40.1. The molecule has 4 N–H and O–H groups in total. The maximum atomic E-state index is 14.9. The van der Waals surface area contributed by atoms with Crippen molar-refractivity contribution in [2.75, 3.05) is 25.6 Å². The molecule has 6 atom stereocenters. The van der Waals surface area contributed by atoms with Gasteiger partial charge in [-0.3, -0.25) is 43.1 Å². The summed E-state index contributed by atoms with van der Waals surface area (Å²) in [6.07, 6.45) is -3.22. The number of hydrogen-bond acceptors (Lipinski definition) is 14. The van der Waals surface area contributed by atoms with Gasteiger partial charge in [0.1, 0.15) is 30.7 Å². The fourth-order valence-corrected chi connectivity index (χ4v) is 9.05. The highest BCUT2D eigenvalue weighted by atomic mass is 32.2. The normalized spacial score (nSPS) is 19.3. The van der Waals surface area contributed by atoms with Crippen LogP contribution in [0, 0.1) is 20.8 Å². The van der Waals surface area contributed by atoms with Gasteiger partial charge in [0, 0.05) is 46.3 Å². The number of esters is 2. The van der Waals surface area contributed by atoms with Crippen molar-refractivity contribution >= 4 is 47.3 Å². The van der Waals surface area contributed by atoms with Gasteiger partial charge in [-0.2, -0.15) is 0 Å². The lowest BCUT2D eigenvalue weighted by Crippen LogP contribution is -2.61. The lowest BCUT2D eigenvalue weighted by atomic mass is 9.96. The van der Waals surface area contributed by atoms with Gasteiger partial charge in [-0.25, -0.2) is 4.79 Å². The Morgan fingerprint density at radius 1 is 0.957 bits per heavy atom. The van der Waals surface area contributed by atoms with Crippen molar-refractivity contribution < 1.29 is 47.7 Å². The number of ether oxygens (including phenoxy) is 4. The van der Waals surface area contributed by atoms with Crippen LogP contribution in [0.3, 0.4) is 0 Å². The highest BCUT2D eigenvalue weighted by molar-refractivity contribution is 8.00. The molecule has 2 aliphatic heterocycles. The third-order valence-electron chi connectivity index (χ3n) is 11.3. The van der Waals surface area contributed by atoms with Gasteiger partial charge in [0.25, 0.3) is 17.4 Å². The van der Waals surface area contributed by atoms with E-state index in [2.05, 4.69) is 31.0 Å². The zero-order valence-corrected chi connectivity index (χ0v) is 40.9. The van der Waals surface area contributed by atoms with E-state index in [9.17, 15) is 38.4 Å². The van der Waals surface area contributed by atoms with Crippen LogP contribution in [0.5, 0.6) is 5.75 Å². The predicted molar refractivity (Wildman–Crippen MR) is 254 cm³/mol. The van der Waals surface area contributed by atoms with Crippen molar-refractivity contribution in [1.82, 2.24) is 30.4 Å². The zero-order chi connectivity index (χ0) is 50.6. The Kier molecular flexibility index (Phi) is 18.2. The van der Waals surface area contributed by atoms with Crippen LogP contribution in [0.15, 0.2) is 69.4 Å². The smallest absolute Gasteiger partial charge is 0.330 e. The SMILES string of the molecule is Cc1cccc(C)c1OCC(=O)N[C@@H](Cc1ccccc1)[C@H](OC(=O)CCC(=O)NCCC(=O)OC[C@@H]1O[C@H](n2cc(C)c(=O)[nH]c2=O)C[C@H]1N=[N+]=[N-])C(=O)N1CSC(C)(C)[C@H]1C(=O)NC(C)(C)C. The molecule has 0 radical (unpaired) electrons. The average Bonchev–Trinajstić information content (AvgIpc) is 3.83. The predicted octanol–water partition coefficient (Wildman–Crippen LogP) is 3.57. The summed E-state index contributed by atoms with van der Waals surface area (Å²) in [7, 11) is 0. The van der Waals surface area contributed by atoms with Crippen LogP contribution in [0.1, 0.15) is 88.8 Å². The van der Waals surface area contributed by atoms with Gasteiger partial charge in [0.2, 0.25) is 17.9 Å². The highest BCUT2D eigenvalue weighted by Crippen LogP contribution is 2.40. The van der Waals surface area contributed by atoms with Crippen LogP contribution in [0.2, 0.25) is 0 Å². The van der Waals surface area contributed by atoms with Crippen molar-refractivity contribution in [1.29, 1.82) is 0 Å². The summed E-state index contributed by atoms with van der Waals surface area (Å²) in [4.78, 5) is 112. The largest absolute Gasteiger partial charge is 0.483 e. The molecular weight excluding hydrogens is 915 g/mol. The van der Waals surface area contributed by atoms with E-state index in [1.54, 1.807) is 30.3 Å².